The molecule has 0 saturated carbocycles. The lowest BCUT2D eigenvalue weighted by Crippen LogP contribution is -2.17. The molecule has 2 aromatic carbocycles. The summed E-state index contributed by atoms with van der Waals surface area (Å²) < 4.78 is 0. The summed E-state index contributed by atoms with van der Waals surface area (Å²) >= 11 is 0. The molecule has 96 valence electrons. The van der Waals surface area contributed by atoms with Crippen LogP contribution in [0.25, 0.3) is 11.5 Å². The molecule has 0 amide bonds. The summed E-state index contributed by atoms with van der Waals surface area (Å²) in [5.41, 5.74) is 1.11. The van der Waals surface area contributed by atoms with Crippen LogP contribution in [-0.2, 0) is 0 Å². The largest absolute Gasteiger partial charge is 0.629 e. The molecule has 0 bridgehead atoms. The van der Waals surface area contributed by atoms with E-state index in [2.05, 4.69) is 0 Å². The zero-order chi connectivity index (χ0) is 13.5. The standard InChI is InChI=1S/C12H10O2.C5H5/c13-12(14)11-7-5-10(6-8-11)9-3-1-2-4-9;1-2-4-5-3-1/h1-8,13-14H;1-5H/q;-1/p-1. The minimum absolute atomic E-state index is 0.320. The molecule has 1 N–H and O–H groups in total. The number of aliphatic hydroxyl groups is 1. The van der Waals surface area contributed by atoms with Gasteiger partial charge in [-0.15, -0.1) is 0 Å². The highest BCUT2D eigenvalue weighted by atomic mass is 16.5. The summed E-state index contributed by atoms with van der Waals surface area (Å²) in [4.78, 5) is 0. The maximum atomic E-state index is 10.6. The zero-order valence-corrected chi connectivity index (χ0v) is 10.4. The average molecular weight is 250 g/mol. The molecule has 0 atom stereocenters. The van der Waals surface area contributed by atoms with Gasteiger partial charge in [0.15, 0.2) is 0 Å². The molecule has 2 heteroatoms. The van der Waals surface area contributed by atoms with Gasteiger partial charge in [0, 0.05) is 0 Å². The summed E-state index contributed by atoms with van der Waals surface area (Å²) in [5, 5.41) is 20.7. The van der Waals surface area contributed by atoms with E-state index < -0.39 is 5.95 Å². The Hall–Kier alpha value is -2.61. The van der Waals surface area contributed by atoms with E-state index in [-0.39, 0.29) is 0 Å². The molecule has 0 aliphatic heterocycles. The molecule has 1 aliphatic rings. The normalized spacial score (nSPS) is 12.1. The van der Waals surface area contributed by atoms with E-state index in [1.165, 1.54) is 0 Å². The Balaban J connectivity index is 0.000000224. The van der Waals surface area contributed by atoms with Gasteiger partial charge in [-0.1, -0.05) is 48.6 Å². The third kappa shape index (κ3) is 3.68. The molecule has 0 heterocycles. The molecule has 2 nitrogen and oxygen atoms in total. The topological polar surface area (TPSA) is 43.3 Å². The van der Waals surface area contributed by atoms with Crippen LogP contribution in [0, 0.1) is 0 Å². The predicted octanol–water partition coefficient (Wildman–Crippen LogP) is 1.35. The SMILES string of the molecule is [O-]C(O)=c1ccc(=C2C=CC=C2)cc1.c1cc[cH-]c1. The summed E-state index contributed by atoms with van der Waals surface area (Å²) in [7, 11) is 0. The molecule has 0 spiro atoms. The van der Waals surface area contributed by atoms with Crippen LogP contribution >= 0.6 is 0 Å². The van der Waals surface area contributed by atoms with Crippen molar-refractivity contribution in [1.82, 2.24) is 0 Å². The second-order valence-corrected chi connectivity index (χ2v) is 4.02. The van der Waals surface area contributed by atoms with Gasteiger partial charge in [0.1, 0.15) is 0 Å². The number of hydrogen-bond donors (Lipinski definition) is 1. The van der Waals surface area contributed by atoms with Gasteiger partial charge < -0.3 is 10.2 Å². The molecule has 0 radical (unpaired) electrons. The van der Waals surface area contributed by atoms with Crippen LogP contribution < -0.4 is 15.5 Å². The molecule has 2 aromatic rings. The zero-order valence-electron chi connectivity index (χ0n) is 10.4. The van der Waals surface area contributed by atoms with Gasteiger partial charge >= 0.3 is 0 Å². The van der Waals surface area contributed by atoms with Crippen molar-refractivity contribution in [2.24, 2.45) is 0 Å². The van der Waals surface area contributed by atoms with Crippen molar-refractivity contribution in [3.05, 3.63) is 89.3 Å². The first kappa shape index (κ1) is 12.8. The number of rotatable bonds is 0. The highest BCUT2D eigenvalue weighted by Gasteiger charge is 1.92. The first-order valence-electron chi connectivity index (χ1n) is 5.99. The summed E-state index contributed by atoms with van der Waals surface area (Å²) in [5.74, 6) is -0.890. The first-order chi connectivity index (χ1) is 9.27. The Morgan fingerprint density at radius 2 is 1.53 bits per heavy atom. The van der Waals surface area contributed by atoms with Crippen LogP contribution in [0.2, 0.25) is 0 Å². The molecule has 1 aliphatic carbocycles. The van der Waals surface area contributed by atoms with Crippen LogP contribution in [0.15, 0.2) is 78.9 Å². The van der Waals surface area contributed by atoms with Crippen LogP contribution in [0.4, 0.5) is 0 Å². The lowest BCUT2D eigenvalue weighted by atomic mass is 10.2. The van der Waals surface area contributed by atoms with Crippen LogP contribution in [0.3, 0.4) is 0 Å². The van der Waals surface area contributed by atoms with Gasteiger partial charge in [-0.3, -0.25) is 0 Å². The molecule has 19 heavy (non-hydrogen) atoms. The maximum absolute atomic E-state index is 10.6. The van der Waals surface area contributed by atoms with Crippen molar-refractivity contribution in [2.45, 2.75) is 0 Å². The number of aliphatic hydroxyl groups excluding tert-OH is 1. The van der Waals surface area contributed by atoms with Gasteiger partial charge in [0.05, 0.1) is 5.95 Å². The van der Waals surface area contributed by atoms with E-state index in [1.54, 1.807) is 12.1 Å². The second kappa shape index (κ2) is 6.36. The lowest BCUT2D eigenvalue weighted by molar-refractivity contribution is -0.283. The molecule has 0 fully saturated rings. The van der Waals surface area contributed by atoms with E-state index in [9.17, 15) is 5.11 Å². The molecule has 0 unspecified atom stereocenters. The quantitative estimate of drug-likeness (QED) is 0.717. The molecule has 0 saturated heterocycles. The highest BCUT2D eigenvalue weighted by molar-refractivity contribution is 5.71. The second-order valence-electron chi connectivity index (χ2n) is 4.02. The molecular weight excluding hydrogens is 236 g/mol. The van der Waals surface area contributed by atoms with Gasteiger partial charge in [-0.2, -0.15) is 18.2 Å². The van der Waals surface area contributed by atoms with Gasteiger partial charge in [-0.05, 0) is 16.0 Å². The fraction of sp³-hybridized carbons (Fsp3) is 0. The van der Waals surface area contributed by atoms with E-state index in [1.807, 2.05) is 66.8 Å². The van der Waals surface area contributed by atoms with Crippen molar-refractivity contribution in [2.75, 3.05) is 0 Å². The monoisotopic (exact) mass is 250 g/mol. The minimum Gasteiger partial charge on any atom is -0.629 e. The highest BCUT2D eigenvalue weighted by Crippen LogP contribution is 2.05. The van der Waals surface area contributed by atoms with E-state index >= 15 is 0 Å². The Morgan fingerprint density at radius 1 is 0.947 bits per heavy atom. The minimum atomic E-state index is -0.890. The Bertz CT molecular complexity index is 631. The number of allylic oxidation sites excluding steroid dienone is 4. The average Bonchev–Trinajstić information content (AvgIpc) is 3.15. The number of benzene rings is 1. The van der Waals surface area contributed by atoms with Crippen molar-refractivity contribution in [1.29, 1.82) is 0 Å². The summed E-state index contributed by atoms with van der Waals surface area (Å²) in [6.45, 7) is 0. The summed E-state index contributed by atoms with van der Waals surface area (Å²) in [6.07, 6.45) is 7.91. The van der Waals surface area contributed by atoms with E-state index in [4.69, 9.17) is 5.11 Å². The predicted molar refractivity (Wildman–Crippen MR) is 75.5 cm³/mol. The third-order valence-corrected chi connectivity index (χ3v) is 2.68. The van der Waals surface area contributed by atoms with E-state index in [0.29, 0.717) is 5.22 Å². The Labute approximate surface area is 111 Å². The fourth-order valence-electron chi connectivity index (χ4n) is 1.69. The Kier molecular flexibility index (Phi) is 4.29. The first-order valence-corrected chi connectivity index (χ1v) is 5.99. The van der Waals surface area contributed by atoms with Crippen LogP contribution in [-0.4, -0.2) is 5.11 Å². The molecule has 0 aromatic heterocycles. The third-order valence-electron chi connectivity index (χ3n) is 2.68. The van der Waals surface area contributed by atoms with Gasteiger partial charge in [0.25, 0.3) is 0 Å². The smallest absolute Gasteiger partial charge is 0.0557 e. The van der Waals surface area contributed by atoms with Gasteiger partial charge in [0.2, 0.25) is 0 Å². The van der Waals surface area contributed by atoms with Crippen molar-refractivity contribution < 1.29 is 10.2 Å². The van der Waals surface area contributed by atoms with Crippen molar-refractivity contribution in [3.63, 3.8) is 0 Å². The van der Waals surface area contributed by atoms with Gasteiger partial charge in [-0.25, -0.2) is 12.1 Å². The van der Waals surface area contributed by atoms with Crippen molar-refractivity contribution in [3.8, 4) is 0 Å². The maximum Gasteiger partial charge on any atom is 0.0557 e. The van der Waals surface area contributed by atoms with Crippen LogP contribution in [0.5, 0.6) is 0 Å². The lowest BCUT2D eigenvalue weighted by Gasteiger charge is -1.97. The fourth-order valence-corrected chi connectivity index (χ4v) is 1.69. The Morgan fingerprint density at radius 3 is 1.95 bits per heavy atom. The molecular formula is C17H14O2-2. The van der Waals surface area contributed by atoms with E-state index in [0.717, 1.165) is 10.8 Å². The molecule has 3 rings (SSSR count). The summed E-state index contributed by atoms with van der Waals surface area (Å²) in [6, 6.07) is 16.9. The van der Waals surface area contributed by atoms with Crippen molar-refractivity contribution >= 4 is 11.5 Å². The van der Waals surface area contributed by atoms with Crippen LogP contribution in [0.1, 0.15) is 0 Å². The number of hydrogen-bond acceptors (Lipinski definition) is 2.